The van der Waals surface area contributed by atoms with Crippen molar-refractivity contribution in [3.05, 3.63) is 0 Å². The summed E-state index contributed by atoms with van der Waals surface area (Å²) in [5.41, 5.74) is 0.380. The molecule has 2 nitrogen and oxygen atoms in total. The summed E-state index contributed by atoms with van der Waals surface area (Å²) in [4.78, 5) is 0. The zero-order valence-corrected chi connectivity index (χ0v) is 9.21. The van der Waals surface area contributed by atoms with Crippen LogP contribution in [0, 0.1) is 17.3 Å². The lowest BCUT2D eigenvalue weighted by Gasteiger charge is -2.18. The lowest BCUT2D eigenvalue weighted by Crippen LogP contribution is -2.16. The van der Waals surface area contributed by atoms with Crippen LogP contribution in [0.4, 0.5) is 0 Å². The van der Waals surface area contributed by atoms with Crippen LogP contribution in [0.2, 0.25) is 0 Å². The van der Waals surface area contributed by atoms with E-state index in [-0.39, 0.29) is 0 Å². The van der Waals surface area contributed by atoms with Gasteiger partial charge in [-0.2, -0.15) is 0 Å². The molecule has 1 aliphatic carbocycles. The molecule has 13 heavy (non-hydrogen) atoms. The molecule has 0 aromatic heterocycles. The van der Waals surface area contributed by atoms with Gasteiger partial charge in [-0.1, -0.05) is 20.8 Å². The fraction of sp³-hybridized carbons (Fsp3) is 1.00. The van der Waals surface area contributed by atoms with Gasteiger partial charge < -0.3 is 9.84 Å². The predicted octanol–water partition coefficient (Wildman–Crippen LogP) is 2.41. The maximum atomic E-state index is 9.53. The number of rotatable bonds is 4. The number of aliphatic hydroxyl groups is 1. The summed E-state index contributed by atoms with van der Waals surface area (Å²) >= 11 is 0. The summed E-state index contributed by atoms with van der Waals surface area (Å²) in [5, 5.41) is 9.53. The molecule has 1 fully saturated rings. The van der Waals surface area contributed by atoms with Gasteiger partial charge >= 0.3 is 0 Å². The first-order valence-electron chi connectivity index (χ1n) is 5.23. The summed E-state index contributed by atoms with van der Waals surface area (Å²) < 4.78 is 5.17. The van der Waals surface area contributed by atoms with Crippen molar-refractivity contribution in [2.75, 3.05) is 6.61 Å². The van der Waals surface area contributed by atoms with Crippen LogP contribution in [-0.2, 0) is 4.74 Å². The molecule has 1 aliphatic rings. The van der Waals surface area contributed by atoms with Gasteiger partial charge in [-0.15, -0.1) is 0 Å². The fourth-order valence-electron chi connectivity index (χ4n) is 1.94. The molecule has 0 spiro atoms. The second kappa shape index (κ2) is 3.97. The van der Waals surface area contributed by atoms with Crippen molar-refractivity contribution in [3.63, 3.8) is 0 Å². The smallest absolute Gasteiger partial charge is 0.157 e. The summed E-state index contributed by atoms with van der Waals surface area (Å²) in [5.74, 6) is 1.08. The van der Waals surface area contributed by atoms with Crippen molar-refractivity contribution in [1.82, 2.24) is 0 Å². The monoisotopic (exact) mass is 186 g/mol. The molecule has 0 bridgehead atoms. The van der Waals surface area contributed by atoms with E-state index in [1.807, 2.05) is 6.92 Å². The highest BCUT2D eigenvalue weighted by Crippen LogP contribution is 2.48. The van der Waals surface area contributed by atoms with Gasteiger partial charge in [-0.25, -0.2) is 0 Å². The van der Waals surface area contributed by atoms with Crippen molar-refractivity contribution in [2.45, 2.75) is 46.8 Å². The number of ether oxygens (including phenoxy) is 1. The van der Waals surface area contributed by atoms with Crippen molar-refractivity contribution in [1.29, 1.82) is 0 Å². The standard InChI is InChI=1S/C11H22O2/c1-5-13-10(12)9-6-8(9)7-11(2,3)4/h8-10,12H,5-7H2,1-4H3. The quantitative estimate of drug-likeness (QED) is 0.683. The minimum Gasteiger partial charge on any atom is -0.368 e. The highest BCUT2D eigenvalue weighted by molar-refractivity contribution is 4.90. The molecule has 78 valence electrons. The Labute approximate surface area is 81.3 Å². The molecule has 3 unspecified atom stereocenters. The van der Waals surface area contributed by atoms with Crippen molar-refractivity contribution in [2.24, 2.45) is 17.3 Å². The van der Waals surface area contributed by atoms with E-state index in [2.05, 4.69) is 20.8 Å². The average molecular weight is 186 g/mol. The molecule has 0 amide bonds. The molecule has 1 rings (SSSR count). The molecular formula is C11H22O2. The molecule has 1 saturated carbocycles. The van der Waals surface area contributed by atoms with E-state index >= 15 is 0 Å². The van der Waals surface area contributed by atoms with Crippen molar-refractivity contribution < 1.29 is 9.84 Å². The third-order valence-electron chi connectivity index (χ3n) is 2.56. The molecule has 0 heterocycles. The first kappa shape index (κ1) is 11.0. The molecular weight excluding hydrogens is 164 g/mol. The van der Waals surface area contributed by atoms with Crippen LogP contribution in [0.15, 0.2) is 0 Å². The van der Waals surface area contributed by atoms with E-state index in [1.165, 1.54) is 6.42 Å². The molecule has 0 saturated heterocycles. The third kappa shape index (κ3) is 3.65. The Morgan fingerprint density at radius 3 is 2.54 bits per heavy atom. The zero-order chi connectivity index (χ0) is 10.1. The van der Waals surface area contributed by atoms with Gasteiger partial charge in [-0.05, 0) is 31.1 Å². The Bertz CT molecular complexity index is 160. The average Bonchev–Trinajstić information content (AvgIpc) is 2.64. The van der Waals surface area contributed by atoms with E-state index in [0.29, 0.717) is 23.9 Å². The van der Waals surface area contributed by atoms with Gasteiger partial charge in [0, 0.05) is 12.5 Å². The van der Waals surface area contributed by atoms with Gasteiger partial charge in [0.25, 0.3) is 0 Å². The van der Waals surface area contributed by atoms with E-state index in [1.54, 1.807) is 0 Å². The summed E-state index contributed by atoms with van der Waals surface area (Å²) in [6.45, 7) is 9.27. The van der Waals surface area contributed by atoms with Gasteiger partial charge in [0.15, 0.2) is 6.29 Å². The second-order valence-electron chi connectivity index (χ2n) is 5.27. The minimum absolute atomic E-state index is 0.380. The first-order chi connectivity index (χ1) is 5.94. The number of hydrogen-bond donors (Lipinski definition) is 1. The zero-order valence-electron chi connectivity index (χ0n) is 9.21. The van der Waals surface area contributed by atoms with E-state index < -0.39 is 6.29 Å². The molecule has 0 radical (unpaired) electrons. The van der Waals surface area contributed by atoms with Gasteiger partial charge in [0.1, 0.15) is 0 Å². The Hall–Kier alpha value is -0.0800. The SMILES string of the molecule is CCOC(O)C1CC1CC(C)(C)C. The van der Waals surface area contributed by atoms with Gasteiger partial charge in [0.2, 0.25) is 0 Å². The molecule has 0 aromatic carbocycles. The lowest BCUT2D eigenvalue weighted by atomic mass is 9.89. The van der Waals surface area contributed by atoms with Crippen LogP contribution >= 0.6 is 0 Å². The molecule has 1 N–H and O–H groups in total. The Morgan fingerprint density at radius 1 is 1.46 bits per heavy atom. The van der Waals surface area contributed by atoms with E-state index in [9.17, 15) is 5.11 Å². The number of hydrogen-bond acceptors (Lipinski definition) is 2. The first-order valence-corrected chi connectivity index (χ1v) is 5.23. The predicted molar refractivity (Wildman–Crippen MR) is 53.3 cm³/mol. The van der Waals surface area contributed by atoms with Crippen molar-refractivity contribution >= 4 is 0 Å². The molecule has 0 aromatic rings. The Morgan fingerprint density at radius 2 is 2.08 bits per heavy atom. The number of aliphatic hydroxyl groups excluding tert-OH is 1. The third-order valence-corrected chi connectivity index (χ3v) is 2.56. The molecule has 2 heteroatoms. The minimum atomic E-state index is -0.516. The Kier molecular flexibility index (Phi) is 3.36. The Balaban J connectivity index is 2.22. The van der Waals surface area contributed by atoms with E-state index in [0.717, 1.165) is 6.42 Å². The fourth-order valence-corrected chi connectivity index (χ4v) is 1.94. The second-order valence-corrected chi connectivity index (χ2v) is 5.27. The summed E-state index contributed by atoms with van der Waals surface area (Å²) in [7, 11) is 0. The van der Waals surface area contributed by atoms with Gasteiger partial charge in [-0.3, -0.25) is 0 Å². The summed E-state index contributed by atoms with van der Waals surface area (Å²) in [6, 6.07) is 0. The highest BCUT2D eigenvalue weighted by atomic mass is 16.6. The lowest BCUT2D eigenvalue weighted by molar-refractivity contribution is -0.112. The normalized spacial score (nSPS) is 30.2. The highest BCUT2D eigenvalue weighted by Gasteiger charge is 2.44. The molecule has 3 atom stereocenters. The largest absolute Gasteiger partial charge is 0.368 e. The molecule has 0 aliphatic heterocycles. The topological polar surface area (TPSA) is 29.5 Å². The van der Waals surface area contributed by atoms with Crippen LogP contribution in [0.1, 0.15) is 40.5 Å². The maximum Gasteiger partial charge on any atom is 0.157 e. The van der Waals surface area contributed by atoms with Crippen LogP contribution in [0.3, 0.4) is 0 Å². The van der Waals surface area contributed by atoms with Crippen LogP contribution in [0.25, 0.3) is 0 Å². The van der Waals surface area contributed by atoms with E-state index in [4.69, 9.17) is 4.74 Å². The van der Waals surface area contributed by atoms with Crippen LogP contribution < -0.4 is 0 Å². The van der Waals surface area contributed by atoms with Crippen LogP contribution in [0.5, 0.6) is 0 Å². The maximum absolute atomic E-state index is 9.53. The van der Waals surface area contributed by atoms with Crippen LogP contribution in [-0.4, -0.2) is 18.0 Å². The van der Waals surface area contributed by atoms with Crippen molar-refractivity contribution in [3.8, 4) is 0 Å². The van der Waals surface area contributed by atoms with Gasteiger partial charge in [0.05, 0.1) is 0 Å². The summed E-state index contributed by atoms with van der Waals surface area (Å²) in [6.07, 6.45) is 1.82.